The molecule has 1 spiro atoms. The van der Waals surface area contributed by atoms with E-state index in [1.54, 1.807) is 12.1 Å². The minimum Gasteiger partial charge on any atom is -0.324 e. The van der Waals surface area contributed by atoms with Crippen molar-refractivity contribution in [2.24, 2.45) is 11.8 Å². The first-order chi connectivity index (χ1) is 16.0. The molecule has 6 nitrogen and oxygen atoms in total. The average Bonchev–Trinajstić information content (AvgIpc) is 3.52. The SMILES string of the molecule is O=C1[C@@H]2[C@@H]3CCCN3[C@@]3(C(=O)Nc4ccc(F)cc43)[C@H]2C(=O)N1c1cccc2ccccc12. The van der Waals surface area contributed by atoms with E-state index in [2.05, 4.69) is 5.32 Å². The molecular weight excluding hydrogens is 421 g/mol. The van der Waals surface area contributed by atoms with Crippen LogP contribution in [0.25, 0.3) is 10.8 Å². The Morgan fingerprint density at radius 3 is 2.67 bits per heavy atom. The normalized spacial score (nSPS) is 30.3. The number of halogens is 1. The summed E-state index contributed by atoms with van der Waals surface area (Å²) >= 11 is 0. The van der Waals surface area contributed by atoms with Gasteiger partial charge in [-0.15, -0.1) is 0 Å². The van der Waals surface area contributed by atoms with Crippen molar-refractivity contribution in [1.82, 2.24) is 4.90 Å². The number of carbonyl (C=O) groups is 3. The molecule has 0 bridgehead atoms. The second-order valence-electron chi connectivity index (χ2n) is 9.33. The Kier molecular flexibility index (Phi) is 3.59. The first-order valence-electron chi connectivity index (χ1n) is 11.3. The molecule has 3 amide bonds. The Balaban J connectivity index is 1.46. The molecular formula is C26H20FN3O3. The van der Waals surface area contributed by atoms with E-state index in [4.69, 9.17) is 0 Å². The number of benzene rings is 3. The van der Waals surface area contributed by atoms with E-state index in [0.29, 0.717) is 23.5 Å². The molecule has 4 atom stereocenters. The predicted molar refractivity (Wildman–Crippen MR) is 120 cm³/mol. The van der Waals surface area contributed by atoms with Gasteiger partial charge in [0, 0.05) is 22.7 Å². The number of nitrogens with one attached hydrogen (secondary N) is 1. The molecule has 0 radical (unpaired) electrons. The molecule has 3 aromatic carbocycles. The molecule has 3 fully saturated rings. The van der Waals surface area contributed by atoms with Gasteiger partial charge in [0.15, 0.2) is 0 Å². The third-order valence-corrected chi connectivity index (χ3v) is 7.96. The van der Waals surface area contributed by atoms with Crippen LogP contribution in [-0.2, 0) is 19.9 Å². The second kappa shape index (κ2) is 6.26. The molecule has 7 rings (SSSR count). The second-order valence-corrected chi connectivity index (χ2v) is 9.33. The van der Waals surface area contributed by atoms with Crippen LogP contribution in [-0.4, -0.2) is 35.2 Å². The summed E-state index contributed by atoms with van der Waals surface area (Å²) < 4.78 is 14.4. The van der Waals surface area contributed by atoms with Crippen molar-refractivity contribution in [3.63, 3.8) is 0 Å². The van der Waals surface area contributed by atoms with Crippen molar-refractivity contribution in [2.45, 2.75) is 24.4 Å². The van der Waals surface area contributed by atoms with Crippen LogP contribution in [0.1, 0.15) is 18.4 Å². The summed E-state index contributed by atoms with van der Waals surface area (Å²) in [4.78, 5) is 44.8. The Morgan fingerprint density at radius 1 is 0.970 bits per heavy atom. The van der Waals surface area contributed by atoms with Gasteiger partial charge in [-0.1, -0.05) is 36.4 Å². The van der Waals surface area contributed by atoms with Crippen LogP contribution >= 0.6 is 0 Å². The Bertz CT molecular complexity index is 1400. The van der Waals surface area contributed by atoms with Gasteiger partial charge in [0.2, 0.25) is 17.7 Å². The summed E-state index contributed by atoms with van der Waals surface area (Å²) in [7, 11) is 0. The number of anilines is 2. The van der Waals surface area contributed by atoms with Crippen molar-refractivity contribution in [1.29, 1.82) is 0 Å². The van der Waals surface area contributed by atoms with Gasteiger partial charge >= 0.3 is 0 Å². The average molecular weight is 441 g/mol. The zero-order chi connectivity index (χ0) is 22.5. The Hall–Kier alpha value is -3.58. The lowest BCUT2D eigenvalue weighted by Crippen LogP contribution is -2.54. The van der Waals surface area contributed by atoms with E-state index < -0.39 is 23.2 Å². The van der Waals surface area contributed by atoms with Gasteiger partial charge < -0.3 is 5.32 Å². The van der Waals surface area contributed by atoms with Crippen LogP contribution in [0.4, 0.5) is 15.8 Å². The molecule has 164 valence electrons. The molecule has 3 saturated heterocycles. The van der Waals surface area contributed by atoms with E-state index in [1.165, 1.54) is 17.0 Å². The topological polar surface area (TPSA) is 69.7 Å². The maximum atomic E-state index is 14.4. The fourth-order valence-corrected chi connectivity index (χ4v) is 6.82. The van der Waals surface area contributed by atoms with Crippen molar-refractivity contribution in [3.05, 3.63) is 72.0 Å². The van der Waals surface area contributed by atoms with Crippen LogP contribution in [0.15, 0.2) is 60.7 Å². The monoisotopic (exact) mass is 441 g/mol. The fourth-order valence-electron chi connectivity index (χ4n) is 6.82. The number of fused-ring (bicyclic) bond motifs is 8. The van der Waals surface area contributed by atoms with Crippen molar-refractivity contribution in [2.75, 3.05) is 16.8 Å². The number of carbonyl (C=O) groups excluding carboxylic acids is 3. The first-order valence-corrected chi connectivity index (χ1v) is 11.3. The Morgan fingerprint density at radius 2 is 1.79 bits per heavy atom. The lowest BCUT2D eigenvalue weighted by Gasteiger charge is -2.36. The molecule has 4 aliphatic heterocycles. The fraction of sp³-hybridized carbons (Fsp3) is 0.269. The van der Waals surface area contributed by atoms with Crippen molar-refractivity contribution in [3.8, 4) is 0 Å². The molecule has 0 aliphatic carbocycles. The highest BCUT2D eigenvalue weighted by Crippen LogP contribution is 2.60. The summed E-state index contributed by atoms with van der Waals surface area (Å²) in [5.41, 5.74) is 0.148. The minimum absolute atomic E-state index is 0.230. The molecule has 1 N–H and O–H groups in total. The highest BCUT2D eigenvalue weighted by Gasteiger charge is 2.74. The summed E-state index contributed by atoms with van der Waals surface area (Å²) in [6.45, 7) is 0.593. The molecule has 4 aliphatic rings. The number of imide groups is 1. The maximum Gasteiger partial charge on any atom is 0.250 e. The quantitative estimate of drug-likeness (QED) is 0.588. The molecule has 0 saturated carbocycles. The number of amides is 3. The molecule has 0 aromatic heterocycles. The lowest BCUT2D eigenvalue weighted by molar-refractivity contribution is -0.135. The van der Waals surface area contributed by atoms with Gasteiger partial charge in [0.05, 0.1) is 17.5 Å². The van der Waals surface area contributed by atoms with Crippen molar-refractivity contribution >= 4 is 39.9 Å². The van der Waals surface area contributed by atoms with Crippen LogP contribution in [0.5, 0.6) is 0 Å². The largest absolute Gasteiger partial charge is 0.324 e. The molecule has 33 heavy (non-hydrogen) atoms. The number of hydrogen-bond donors (Lipinski definition) is 1. The smallest absolute Gasteiger partial charge is 0.250 e. The molecule has 3 aromatic rings. The van der Waals surface area contributed by atoms with E-state index >= 15 is 0 Å². The van der Waals surface area contributed by atoms with Gasteiger partial charge in [-0.3, -0.25) is 19.3 Å². The third-order valence-electron chi connectivity index (χ3n) is 7.96. The summed E-state index contributed by atoms with van der Waals surface area (Å²) in [6, 6.07) is 17.1. The maximum absolute atomic E-state index is 14.4. The number of hydrogen-bond acceptors (Lipinski definition) is 4. The van der Waals surface area contributed by atoms with Crippen LogP contribution in [0.3, 0.4) is 0 Å². The van der Waals surface area contributed by atoms with Gasteiger partial charge in [0.1, 0.15) is 11.4 Å². The third kappa shape index (κ3) is 2.13. The van der Waals surface area contributed by atoms with Gasteiger partial charge in [-0.2, -0.15) is 0 Å². The number of rotatable bonds is 1. The summed E-state index contributed by atoms with van der Waals surface area (Å²) in [5, 5.41) is 4.61. The van der Waals surface area contributed by atoms with Crippen molar-refractivity contribution < 1.29 is 18.8 Å². The van der Waals surface area contributed by atoms with E-state index in [1.807, 2.05) is 41.3 Å². The highest BCUT2D eigenvalue weighted by atomic mass is 19.1. The zero-order valence-electron chi connectivity index (χ0n) is 17.6. The summed E-state index contributed by atoms with van der Waals surface area (Å²) in [5.74, 6) is -3.00. The molecule has 7 heteroatoms. The van der Waals surface area contributed by atoms with Crippen LogP contribution < -0.4 is 10.2 Å². The summed E-state index contributed by atoms with van der Waals surface area (Å²) in [6.07, 6.45) is 1.55. The lowest BCUT2D eigenvalue weighted by atomic mass is 9.75. The van der Waals surface area contributed by atoms with E-state index in [0.717, 1.165) is 23.6 Å². The number of nitrogens with zero attached hydrogens (tertiary/aromatic N) is 2. The van der Waals surface area contributed by atoms with E-state index in [9.17, 15) is 18.8 Å². The van der Waals surface area contributed by atoms with Crippen LogP contribution in [0, 0.1) is 17.7 Å². The molecule has 4 heterocycles. The first kappa shape index (κ1) is 18.9. The standard InChI is InChI=1S/C26H20FN3O3/c27-15-10-11-18-17(13-15)26(25(33)28-18)22-21(20-9-4-12-29(20)26)23(31)30(24(22)32)19-8-3-6-14-5-1-2-7-16(14)19/h1-3,5-8,10-11,13,20-22H,4,9,12H2,(H,28,33)/t20-,21+,22+,26+/m0/s1. The minimum atomic E-state index is -1.37. The van der Waals surface area contributed by atoms with Gasteiger partial charge in [-0.25, -0.2) is 9.29 Å². The Labute approximate surface area is 189 Å². The van der Waals surface area contributed by atoms with Gasteiger partial charge in [-0.05, 0) is 49.0 Å². The zero-order valence-corrected chi connectivity index (χ0v) is 17.6. The van der Waals surface area contributed by atoms with Crippen LogP contribution in [0.2, 0.25) is 0 Å². The van der Waals surface area contributed by atoms with Gasteiger partial charge in [0.25, 0.3) is 0 Å². The predicted octanol–water partition coefficient (Wildman–Crippen LogP) is 3.41. The molecule has 0 unspecified atom stereocenters. The van der Waals surface area contributed by atoms with E-state index in [-0.39, 0.29) is 23.8 Å². The highest BCUT2D eigenvalue weighted by molar-refractivity contribution is 6.28.